The van der Waals surface area contributed by atoms with Gasteiger partial charge in [0.1, 0.15) is 22.0 Å². The molecule has 2 heterocycles. The number of thiophene rings is 1. The minimum atomic E-state index is -0.478. The molecular weight excluding hydrogens is 540 g/mol. The van der Waals surface area contributed by atoms with Crippen LogP contribution in [-0.2, 0) is 17.7 Å². The first-order chi connectivity index (χ1) is 17.3. The normalized spacial score (nSPS) is 11.1. The molecule has 1 N–H and O–H groups in total. The van der Waals surface area contributed by atoms with Gasteiger partial charge in [-0.05, 0) is 68.7 Å². The number of esters is 1. The molecule has 0 aliphatic heterocycles. The predicted octanol–water partition coefficient (Wildman–Crippen LogP) is 7.46. The summed E-state index contributed by atoms with van der Waals surface area (Å²) >= 11 is 4.88. The average molecular weight is 570 g/mol. The Bertz CT molecular complexity index is 1440. The summed E-state index contributed by atoms with van der Waals surface area (Å²) in [6.45, 7) is 9.13. The monoisotopic (exact) mass is 568 g/mol. The highest BCUT2D eigenvalue weighted by Crippen LogP contribution is 2.42. The molecule has 2 aromatic heterocycles. The number of nitrogens with zero attached hydrogens (tertiary/aromatic N) is 1. The van der Waals surface area contributed by atoms with Crippen molar-refractivity contribution in [2.24, 2.45) is 0 Å². The number of aryl methyl sites for hydroxylation is 3. The second-order valence-corrected chi connectivity index (χ2v) is 10.3. The lowest BCUT2D eigenvalue weighted by Gasteiger charge is -2.11. The minimum absolute atomic E-state index is 0.264. The number of amides is 1. The van der Waals surface area contributed by atoms with Crippen LogP contribution in [-0.4, -0.2) is 30.2 Å². The zero-order valence-corrected chi connectivity index (χ0v) is 23.4. The lowest BCUT2D eigenvalue weighted by Crippen LogP contribution is -2.19. The number of anilines is 1. The fourth-order valence-electron chi connectivity index (χ4n) is 4.58. The highest BCUT2D eigenvalue weighted by atomic mass is 79.9. The number of aromatic nitrogens is 1. The number of methoxy groups -OCH3 is 1. The molecule has 0 atom stereocenters. The van der Waals surface area contributed by atoms with Crippen molar-refractivity contribution < 1.29 is 19.1 Å². The zero-order valence-electron chi connectivity index (χ0n) is 21.0. The Hall–Kier alpha value is -3.10. The van der Waals surface area contributed by atoms with Crippen LogP contribution < -0.4 is 10.1 Å². The summed E-state index contributed by atoms with van der Waals surface area (Å²) in [6, 6.07) is 13.7. The first kappa shape index (κ1) is 26.0. The van der Waals surface area contributed by atoms with E-state index in [-0.39, 0.29) is 5.91 Å². The topological polar surface area (TPSA) is 69.6 Å². The number of ether oxygens (including phenoxy) is 2. The number of rotatable bonds is 8. The van der Waals surface area contributed by atoms with Gasteiger partial charge in [0.05, 0.1) is 13.7 Å². The average Bonchev–Trinajstić information content (AvgIpc) is 3.38. The SMILES string of the molecule is CCOc1ccc2c(c1)c(C)c(C(=O)Nc1sc(CC)c(-c3ccc(Br)cc3)c1C(=O)OC)n2CC. The highest BCUT2D eigenvalue weighted by Gasteiger charge is 2.28. The second kappa shape index (κ2) is 10.9. The van der Waals surface area contributed by atoms with Gasteiger partial charge in [0.2, 0.25) is 0 Å². The van der Waals surface area contributed by atoms with E-state index in [1.165, 1.54) is 18.4 Å². The van der Waals surface area contributed by atoms with Crippen molar-refractivity contribution in [1.29, 1.82) is 0 Å². The Morgan fingerprint density at radius 3 is 2.42 bits per heavy atom. The molecule has 0 saturated heterocycles. The maximum atomic E-state index is 13.7. The van der Waals surface area contributed by atoms with E-state index in [1.54, 1.807) is 0 Å². The fourth-order valence-corrected chi connectivity index (χ4v) is 5.98. The molecule has 2 aromatic carbocycles. The summed E-state index contributed by atoms with van der Waals surface area (Å²) in [5.74, 6) is 0.0273. The van der Waals surface area contributed by atoms with E-state index in [0.29, 0.717) is 35.8 Å². The van der Waals surface area contributed by atoms with Crippen LogP contribution >= 0.6 is 27.3 Å². The van der Waals surface area contributed by atoms with Gasteiger partial charge < -0.3 is 19.4 Å². The second-order valence-electron chi connectivity index (χ2n) is 8.24. The Labute approximate surface area is 223 Å². The third kappa shape index (κ3) is 4.67. The van der Waals surface area contributed by atoms with E-state index in [0.717, 1.165) is 42.7 Å². The number of hydrogen-bond acceptors (Lipinski definition) is 5. The number of hydrogen-bond donors (Lipinski definition) is 1. The van der Waals surface area contributed by atoms with Crippen molar-refractivity contribution in [3.8, 4) is 16.9 Å². The molecule has 0 bridgehead atoms. The van der Waals surface area contributed by atoms with E-state index in [4.69, 9.17) is 9.47 Å². The van der Waals surface area contributed by atoms with Crippen LogP contribution in [0.15, 0.2) is 46.9 Å². The molecule has 36 heavy (non-hydrogen) atoms. The molecule has 0 radical (unpaired) electrons. The molecule has 0 saturated carbocycles. The maximum absolute atomic E-state index is 13.7. The number of halogens is 1. The van der Waals surface area contributed by atoms with Gasteiger partial charge in [-0.2, -0.15) is 0 Å². The van der Waals surface area contributed by atoms with Gasteiger partial charge in [-0.3, -0.25) is 4.79 Å². The first-order valence-corrected chi connectivity index (χ1v) is 13.5. The molecule has 0 fully saturated rings. The van der Waals surface area contributed by atoms with E-state index in [9.17, 15) is 9.59 Å². The van der Waals surface area contributed by atoms with Crippen LogP contribution in [0.2, 0.25) is 0 Å². The van der Waals surface area contributed by atoms with Crippen LogP contribution in [0.1, 0.15) is 52.1 Å². The van der Waals surface area contributed by atoms with Crippen LogP contribution in [0.5, 0.6) is 5.75 Å². The quantitative estimate of drug-likeness (QED) is 0.224. The number of benzene rings is 2. The summed E-state index contributed by atoms with van der Waals surface area (Å²) in [4.78, 5) is 27.7. The van der Waals surface area contributed by atoms with Crippen molar-refractivity contribution in [2.45, 2.75) is 40.7 Å². The molecule has 4 rings (SSSR count). The van der Waals surface area contributed by atoms with Crippen LogP contribution in [0.3, 0.4) is 0 Å². The maximum Gasteiger partial charge on any atom is 0.341 e. The molecular formula is C28H29BrN2O4S. The van der Waals surface area contributed by atoms with Crippen molar-refractivity contribution >= 4 is 55.0 Å². The lowest BCUT2D eigenvalue weighted by molar-refractivity contribution is 0.0603. The summed E-state index contributed by atoms with van der Waals surface area (Å²) in [6.07, 6.45) is 0.713. The van der Waals surface area contributed by atoms with Gasteiger partial charge in [0.25, 0.3) is 5.91 Å². The molecule has 6 nitrogen and oxygen atoms in total. The zero-order chi connectivity index (χ0) is 26.0. The standard InChI is InChI=1S/C28H29BrN2O4S/c1-6-22-23(17-9-11-18(29)12-10-17)24(28(33)34-5)27(36-22)30-26(32)25-16(4)20-15-19(35-8-3)13-14-21(20)31(25)7-2/h9-15H,6-8H2,1-5H3,(H,30,32). The summed E-state index contributed by atoms with van der Waals surface area (Å²) in [7, 11) is 1.36. The van der Waals surface area contributed by atoms with Gasteiger partial charge >= 0.3 is 5.97 Å². The molecule has 8 heteroatoms. The van der Waals surface area contributed by atoms with Gasteiger partial charge in [-0.1, -0.05) is 35.0 Å². The van der Waals surface area contributed by atoms with E-state index in [1.807, 2.05) is 74.7 Å². The lowest BCUT2D eigenvalue weighted by atomic mass is 10.00. The van der Waals surface area contributed by atoms with Crippen molar-refractivity contribution in [3.05, 3.63) is 68.6 Å². The Morgan fingerprint density at radius 1 is 1.08 bits per heavy atom. The molecule has 188 valence electrons. The smallest absolute Gasteiger partial charge is 0.341 e. The number of carbonyl (C=O) groups is 2. The van der Waals surface area contributed by atoms with Crippen LogP contribution in [0.4, 0.5) is 5.00 Å². The molecule has 1 amide bonds. The predicted molar refractivity (Wildman–Crippen MR) is 150 cm³/mol. The van der Waals surface area contributed by atoms with Gasteiger partial charge in [-0.15, -0.1) is 11.3 Å². The van der Waals surface area contributed by atoms with Crippen molar-refractivity contribution in [1.82, 2.24) is 4.57 Å². The van der Waals surface area contributed by atoms with Crippen LogP contribution in [0.25, 0.3) is 22.0 Å². The third-order valence-electron chi connectivity index (χ3n) is 6.18. The fraction of sp³-hybridized carbons (Fsp3) is 0.286. The molecule has 0 aliphatic carbocycles. The Balaban J connectivity index is 1.83. The van der Waals surface area contributed by atoms with Crippen LogP contribution in [0, 0.1) is 6.92 Å². The summed E-state index contributed by atoms with van der Waals surface area (Å²) < 4.78 is 13.8. The summed E-state index contributed by atoms with van der Waals surface area (Å²) in [5, 5.41) is 4.51. The number of fused-ring (bicyclic) bond motifs is 1. The van der Waals surface area contributed by atoms with Gasteiger partial charge in [0, 0.05) is 32.4 Å². The summed E-state index contributed by atoms with van der Waals surface area (Å²) in [5.41, 5.74) is 4.47. The molecule has 0 aliphatic rings. The van der Waals surface area contributed by atoms with Crippen molar-refractivity contribution in [3.63, 3.8) is 0 Å². The number of nitrogens with one attached hydrogen (secondary N) is 1. The Kier molecular flexibility index (Phi) is 7.85. The molecule has 4 aromatic rings. The van der Waals surface area contributed by atoms with E-state index < -0.39 is 5.97 Å². The van der Waals surface area contributed by atoms with Gasteiger partial charge in [-0.25, -0.2) is 4.79 Å². The third-order valence-corrected chi connectivity index (χ3v) is 7.96. The highest BCUT2D eigenvalue weighted by molar-refractivity contribution is 9.10. The number of carbonyl (C=O) groups excluding carboxylic acids is 2. The molecule has 0 unspecified atom stereocenters. The van der Waals surface area contributed by atoms with E-state index >= 15 is 0 Å². The first-order valence-electron chi connectivity index (χ1n) is 11.9. The Morgan fingerprint density at radius 2 is 1.81 bits per heavy atom. The van der Waals surface area contributed by atoms with E-state index in [2.05, 4.69) is 21.2 Å². The minimum Gasteiger partial charge on any atom is -0.494 e. The largest absolute Gasteiger partial charge is 0.494 e. The molecule has 0 spiro atoms. The van der Waals surface area contributed by atoms with Crippen molar-refractivity contribution in [2.75, 3.05) is 19.0 Å². The van der Waals surface area contributed by atoms with Gasteiger partial charge in [0.15, 0.2) is 0 Å².